The minimum atomic E-state index is -0.501. The first-order valence-electron chi connectivity index (χ1n) is 5.61. The number of nitriles is 1. The average Bonchev–Trinajstić information content (AvgIpc) is 2.74. The van der Waals surface area contributed by atoms with Crippen LogP contribution in [0.4, 0.5) is 11.4 Å². The Morgan fingerprint density at radius 2 is 2.20 bits per heavy atom. The number of nitro benzene ring substituents is 1. The highest BCUT2D eigenvalue weighted by atomic mass is 32.1. The van der Waals surface area contributed by atoms with Crippen LogP contribution in [0.25, 0.3) is 10.4 Å². The van der Waals surface area contributed by atoms with Crippen molar-refractivity contribution < 1.29 is 9.66 Å². The number of nitrogens with two attached hydrogens (primary N) is 1. The molecule has 1 aromatic carbocycles. The fourth-order valence-corrected chi connectivity index (χ4v) is 2.88. The summed E-state index contributed by atoms with van der Waals surface area (Å²) in [4.78, 5) is 11.6. The molecule has 102 valence electrons. The van der Waals surface area contributed by atoms with E-state index in [1.807, 2.05) is 13.0 Å². The van der Waals surface area contributed by atoms with Gasteiger partial charge in [0.25, 0.3) is 0 Å². The number of hydrogen-bond acceptors (Lipinski definition) is 6. The van der Waals surface area contributed by atoms with Crippen molar-refractivity contribution >= 4 is 22.7 Å². The highest BCUT2D eigenvalue weighted by Gasteiger charge is 2.19. The van der Waals surface area contributed by atoms with E-state index in [1.165, 1.54) is 24.5 Å². The second-order valence-electron chi connectivity index (χ2n) is 4.05. The molecular weight excluding hydrogens is 278 g/mol. The van der Waals surface area contributed by atoms with E-state index in [0.29, 0.717) is 10.6 Å². The Balaban J connectivity index is 2.60. The third-order valence-corrected chi connectivity index (χ3v) is 4.19. The van der Waals surface area contributed by atoms with Crippen molar-refractivity contribution in [3.8, 4) is 22.3 Å². The maximum Gasteiger partial charge on any atom is 0.310 e. The molecule has 0 aliphatic carbocycles. The fourth-order valence-electron chi connectivity index (χ4n) is 1.85. The Bertz CT molecular complexity index is 731. The molecule has 0 atom stereocenters. The van der Waals surface area contributed by atoms with Crippen molar-refractivity contribution in [3.05, 3.63) is 38.8 Å². The molecule has 0 amide bonds. The van der Waals surface area contributed by atoms with Gasteiger partial charge in [0.2, 0.25) is 0 Å². The van der Waals surface area contributed by atoms with Crippen molar-refractivity contribution in [1.82, 2.24) is 0 Å². The second-order valence-corrected chi connectivity index (χ2v) is 5.08. The molecule has 6 nitrogen and oxygen atoms in total. The zero-order valence-electron chi connectivity index (χ0n) is 10.8. The van der Waals surface area contributed by atoms with Gasteiger partial charge in [-0.25, -0.2) is 0 Å². The molecule has 0 unspecified atom stereocenters. The van der Waals surface area contributed by atoms with Crippen LogP contribution in [-0.4, -0.2) is 12.0 Å². The van der Waals surface area contributed by atoms with Gasteiger partial charge in [-0.15, -0.1) is 11.3 Å². The SMILES string of the molecule is COc1cc(-c2sc(C#N)c(N)c2C)ccc1[N+](=O)[O-]. The van der Waals surface area contributed by atoms with Gasteiger partial charge in [-0.05, 0) is 30.2 Å². The van der Waals surface area contributed by atoms with Crippen LogP contribution in [0.2, 0.25) is 0 Å². The molecule has 2 N–H and O–H groups in total. The standard InChI is InChI=1S/C13H11N3O3S/c1-7-12(15)11(6-14)20-13(7)8-3-4-9(16(17)18)10(5-8)19-2/h3-5H,15H2,1-2H3. The van der Waals surface area contributed by atoms with Crippen molar-refractivity contribution in [2.75, 3.05) is 12.8 Å². The van der Waals surface area contributed by atoms with Crippen LogP contribution in [0.5, 0.6) is 5.75 Å². The number of rotatable bonds is 3. The summed E-state index contributed by atoms with van der Waals surface area (Å²) in [6, 6.07) is 6.63. The Kier molecular flexibility index (Phi) is 3.59. The molecule has 0 aliphatic rings. The number of hydrogen-bond donors (Lipinski definition) is 1. The minimum Gasteiger partial charge on any atom is -0.490 e. The monoisotopic (exact) mass is 289 g/mol. The molecule has 0 fully saturated rings. The van der Waals surface area contributed by atoms with Crippen LogP contribution in [0.1, 0.15) is 10.4 Å². The number of nitrogens with zero attached hydrogens (tertiary/aromatic N) is 2. The minimum absolute atomic E-state index is 0.0982. The average molecular weight is 289 g/mol. The number of methoxy groups -OCH3 is 1. The Hall–Kier alpha value is -2.59. The van der Waals surface area contributed by atoms with Crippen molar-refractivity contribution in [3.63, 3.8) is 0 Å². The van der Waals surface area contributed by atoms with E-state index in [9.17, 15) is 10.1 Å². The van der Waals surface area contributed by atoms with Gasteiger partial charge < -0.3 is 10.5 Å². The fraction of sp³-hybridized carbons (Fsp3) is 0.154. The Morgan fingerprint density at radius 1 is 1.50 bits per heavy atom. The van der Waals surface area contributed by atoms with Gasteiger partial charge in [0, 0.05) is 10.9 Å². The van der Waals surface area contributed by atoms with Crippen LogP contribution >= 0.6 is 11.3 Å². The smallest absolute Gasteiger partial charge is 0.310 e. The summed E-state index contributed by atoms with van der Waals surface area (Å²) in [5.41, 5.74) is 7.73. The predicted octanol–water partition coefficient (Wildman–Crippen LogP) is 3.09. The first-order chi connectivity index (χ1) is 9.49. The van der Waals surface area contributed by atoms with Crippen LogP contribution < -0.4 is 10.5 Å². The lowest BCUT2D eigenvalue weighted by molar-refractivity contribution is -0.385. The van der Waals surface area contributed by atoms with E-state index in [2.05, 4.69) is 0 Å². The van der Waals surface area contributed by atoms with Crippen molar-refractivity contribution in [1.29, 1.82) is 5.26 Å². The van der Waals surface area contributed by atoms with Crippen LogP contribution in [0.15, 0.2) is 18.2 Å². The van der Waals surface area contributed by atoms with Gasteiger partial charge in [0.05, 0.1) is 17.7 Å². The van der Waals surface area contributed by atoms with Crippen molar-refractivity contribution in [2.24, 2.45) is 0 Å². The Labute approximate surface area is 119 Å². The van der Waals surface area contributed by atoms with Gasteiger partial charge in [0.15, 0.2) is 5.75 Å². The number of ether oxygens (including phenoxy) is 1. The molecule has 0 saturated heterocycles. The molecule has 0 radical (unpaired) electrons. The zero-order chi connectivity index (χ0) is 14.9. The Morgan fingerprint density at radius 3 is 2.70 bits per heavy atom. The third kappa shape index (κ3) is 2.17. The number of anilines is 1. The number of nitro groups is 1. The van der Waals surface area contributed by atoms with Gasteiger partial charge in [-0.2, -0.15) is 5.26 Å². The molecule has 0 spiro atoms. The van der Waals surface area contributed by atoms with Gasteiger partial charge in [0.1, 0.15) is 10.9 Å². The van der Waals surface area contributed by atoms with Crippen molar-refractivity contribution in [2.45, 2.75) is 6.92 Å². The number of benzene rings is 1. The van der Waals surface area contributed by atoms with E-state index in [0.717, 1.165) is 16.0 Å². The summed E-state index contributed by atoms with van der Waals surface area (Å²) in [5.74, 6) is 0.178. The second kappa shape index (κ2) is 5.19. The molecule has 20 heavy (non-hydrogen) atoms. The lowest BCUT2D eigenvalue weighted by atomic mass is 10.1. The highest BCUT2D eigenvalue weighted by Crippen LogP contribution is 2.40. The summed E-state index contributed by atoms with van der Waals surface area (Å²) < 4.78 is 5.04. The lowest BCUT2D eigenvalue weighted by Gasteiger charge is -2.05. The summed E-state index contributed by atoms with van der Waals surface area (Å²) in [5, 5.41) is 19.9. The lowest BCUT2D eigenvalue weighted by Crippen LogP contribution is -1.94. The maximum atomic E-state index is 10.9. The number of thiophene rings is 1. The van der Waals surface area contributed by atoms with Gasteiger partial charge >= 0.3 is 5.69 Å². The highest BCUT2D eigenvalue weighted by molar-refractivity contribution is 7.16. The first-order valence-corrected chi connectivity index (χ1v) is 6.43. The summed E-state index contributed by atoms with van der Waals surface area (Å²) in [6.07, 6.45) is 0. The normalized spacial score (nSPS) is 10.1. The largest absolute Gasteiger partial charge is 0.490 e. The molecule has 2 aromatic rings. The van der Waals surface area contributed by atoms with Crippen LogP contribution in [0.3, 0.4) is 0 Å². The van der Waals surface area contributed by atoms with E-state index in [-0.39, 0.29) is 11.4 Å². The molecule has 0 aliphatic heterocycles. The summed E-state index contributed by atoms with van der Waals surface area (Å²) >= 11 is 1.26. The van der Waals surface area contributed by atoms with Gasteiger partial charge in [-0.3, -0.25) is 10.1 Å². The first kappa shape index (κ1) is 13.8. The molecule has 1 aromatic heterocycles. The molecular formula is C13H11N3O3S. The predicted molar refractivity (Wildman–Crippen MR) is 76.8 cm³/mol. The topological polar surface area (TPSA) is 102 Å². The maximum absolute atomic E-state index is 10.9. The summed E-state index contributed by atoms with van der Waals surface area (Å²) in [7, 11) is 1.38. The summed E-state index contributed by atoms with van der Waals surface area (Å²) in [6.45, 7) is 1.82. The van der Waals surface area contributed by atoms with E-state index < -0.39 is 4.92 Å². The quantitative estimate of drug-likeness (QED) is 0.690. The van der Waals surface area contributed by atoms with Crippen LogP contribution in [-0.2, 0) is 0 Å². The van der Waals surface area contributed by atoms with E-state index in [4.69, 9.17) is 15.7 Å². The third-order valence-electron chi connectivity index (χ3n) is 2.93. The van der Waals surface area contributed by atoms with E-state index in [1.54, 1.807) is 12.1 Å². The number of nitrogen functional groups attached to an aromatic ring is 1. The van der Waals surface area contributed by atoms with Gasteiger partial charge in [-0.1, -0.05) is 0 Å². The zero-order valence-corrected chi connectivity index (χ0v) is 11.7. The molecule has 0 bridgehead atoms. The molecule has 1 heterocycles. The van der Waals surface area contributed by atoms with Crippen LogP contribution in [0, 0.1) is 28.4 Å². The molecule has 7 heteroatoms. The van der Waals surface area contributed by atoms with E-state index >= 15 is 0 Å². The molecule has 2 rings (SSSR count). The molecule has 0 saturated carbocycles.